The maximum Gasteiger partial charge on any atom is 0.252 e. The first-order valence-corrected chi connectivity index (χ1v) is 5.81. The molecule has 0 bridgehead atoms. The molecule has 0 saturated heterocycles. The second-order valence-corrected chi connectivity index (χ2v) is 4.30. The van der Waals surface area contributed by atoms with Gasteiger partial charge in [-0.05, 0) is 43.6 Å². The molecule has 0 heterocycles. The van der Waals surface area contributed by atoms with Crippen LogP contribution in [0.3, 0.4) is 0 Å². The number of halogens is 1. The van der Waals surface area contributed by atoms with Crippen molar-refractivity contribution in [2.45, 2.75) is 13.8 Å². The number of rotatable bonds is 5. The van der Waals surface area contributed by atoms with Crippen LogP contribution >= 0.6 is 11.6 Å². The van der Waals surface area contributed by atoms with E-state index in [0.29, 0.717) is 11.3 Å². The number of benzene rings is 1. The second-order valence-electron chi connectivity index (χ2n) is 3.96. The van der Waals surface area contributed by atoms with Crippen LogP contribution in [0.5, 0.6) is 5.75 Å². The molecule has 0 saturated carbocycles. The fraction of sp³-hybridized carbons (Fsp3) is 0.214. The summed E-state index contributed by atoms with van der Waals surface area (Å²) in [5.41, 5.74) is 2.32. The van der Waals surface area contributed by atoms with Crippen molar-refractivity contribution < 1.29 is 9.53 Å². The summed E-state index contributed by atoms with van der Waals surface area (Å²) in [5, 5.41) is -0.507. The summed E-state index contributed by atoms with van der Waals surface area (Å²) in [4.78, 5) is 12.9. The van der Waals surface area contributed by atoms with Crippen LogP contribution in [0, 0.1) is 0 Å². The van der Waals surface area contributed by atoms with Crippen LogP contribution < -0.4 is 9.64 Å². The molecule has 1 rings (SSSR count). The predicted octanol–water partition coefficient (Wildman–Crippen LogP) is 3.95. The lowest BCUT2D eigenvalue weighted by Gasteiger charge is -2.19. The summed E-state index contributed by atoms with van der Waals surface area (Å²) >= 11 is 5.44. The quantitative estimate of drug-likeness (QED) is 0.755. The molecule has 0 unspecified atom stereocenters. The summed E-state index contributed by atoms with van der Waals surface area (Å²) in [5.74, 6) is 0.568. The van der Waals surface area contributed by atoms with Gasteiger partial charge < -0.3 is 9.64 Å². The van der Waals surface area contributed by atoms with Gasteiger partial charge in [-0.2, -0.15) is 0 Å². The summed E-state index contributed by atoms with van der Waals surface area (Å²) in [7, 11) is 1.55. The Morgan fingerprint density at radius 3 is 2.56 bits per heavy atom. The Morgan fingerprint density at radius 2 is 2.11 bits per heavy atom. The molecule has 18 heavy (non-hydrogen) atoms. The minimum atomic E-state index is -0.507. The highest BCUT2D eigenvalue weighted by molar-refractivity contribution is 6.67. The van der Waals surface area contributed by atoms with E-state index in [1.54, 1.807) is 31.5 Å². The van der Waals surface area contributed by atoms with E-state index >= 15 is 0 Å². The zero-order valence-corrected chi connectivity index (χ0v) is 11.5. The summed E-state index contributed by atoms with van der Waals surface area (Å²) in [6, 6.07) is 5.04. The first kappa shape index (κ1) is 14.3. The van der Waals surface area contributed by atoms with Gasteiger partial charge in [-0.25, -0.2) is 0 Å². The van der Waals surface area contributed by atoms with Crippen molar-refractivity contribution in [2.24, 2.45) is 0 Å². The molecule has 1 aromatic rings. The third kappa shape index (κ3) is 3.37. The van der Waals surface area contributed by atoms with Crippen LogP contribution in [0.2, 0.25) is 0 Å². The second kappa shape index (κ2) is 6.26. The molecule has 0 radical (unpaired) electrons. The molecular weight excluding hydrogens is 250 g/mol. The number of ether oxygens (including phenoxy) is 1. The number of hydrogen-bond acceptors (Lipinski definition) is 3. The molecule has 0 N–H and O–H groups in total. The largest absolute Gasteiger partial charge is 0.495 e. The molecule has 0 atom stereocenters. The van der Waals surface area contributed by atoms with E-state index in [0.717, 1.165) is 11.3 Å². The third-order valence-electron chi connectivity index (χ3n) is 2.28. The van der Waals surface area contributed by atoms with Crippen molar-refractivity contribution in [2.75, 3.05) is 12.0 Å². The molecule has 0 aliphatic rings. The summed E-state index contributed by atoms with van der Waals surface area (Å²) in [6.07, 6.45) is 3.60. The molecule has 96 valence electrons. The normalized spacial score (nSPS) is 9.56. The predicted molar refractivity (Wildman–Crippen MR) is 75.3 cm³/mol. The molecule has 3 nitrogen and oxygen atoms in total. The van der Waals surface area contributed by atoms with E-state index in [1.807, 2.05) is 24.9 Å². The first-order valence-electron chi connectivity index (χ1n) is 5.43. The van der Waals surface area contributed by atoms with Gasteiger partial charge in [-0.3, -0.25) is 4.79 Å². The fourth-order valence-corrected chi connectivity index (χ4v) is 1.63. The summed E-state index contributed by atoms with van der Waals surface area (Å²) < 4.78 is 5.27. The maximum atomic E-state index is 11.1. The number of nitrogens with zero attached hydrogens (tertiary/aromatic N) is 1. The average molecular weight is 266 g/mol. The van der Waals surface area contributed by atoms with E-state index in [9.17, 15) is 4.79 Å². The van der Waals surface area contributed by atoms with E-state index < -0.39 is 5.24 Å². The van der Waals surface area contributed by atoms with Crippen LogP contribution in [-0.4, -0.2) is 12.4 Å². The molecule has 0 aliphatic heterocycles. The van der Waals surface area contributed by atoms with Crippen LogP contribution in [0.1, 0.15) is 24.2 Å². The molecule has 0 aliphatic carbocycles. The van der Waals surface area contributed by atoms with Crippen molar-refractivity contribution in [1.29, 1.82) is 0 Å². The molecule has 0 spiro atoms. The van der Waals surface area contributed by atoms with Gasteiger partial charge in [0.25, 0.3) is 5.24 Å². The Balaban J connectivity index is 3.27. The van der Waals surface area contributed by atoms with Gasteiger partial charge in [-0.1, -0.05) is 12.2 Å². The minimum Gasteiger partial charge on any atom is -0.495 e. The molecule has 4 heteroatoms. The fourth-order valence-electron chi connectivity index (χ4n) is 1.51. The van der Waals surface area contributed by atoms with Crippen molar-refractivity contribution in [3.8, 4) is 5.75 Å². The Morgan fingerprint density at radius 1 is 1.44 bits per heavy atom. The minimum absolute atomic E-state index is 0.401. The van der Waals surface area contributed by atoms with Gasteiger partial charge in [0.05, 0.1) is 12.8 Å². The smallest absolute Gasteiger partial charge is 0.252 e. The SMILES string of the molecule is C=CN(C=C(C)C)c1ccc(C(=O)Cl)cc1OC. The van der Waals surface area contributed by atoms with Gasteiger partial charge in [0.1, 0.15) is 5.75 Å². The standard InChI is InChI=1S/C14H16ClNO2/c1-5-16(9-10(2)3)12-7-6-11(14(15)17)8-13(12)18-4/h5-9H,1H2,2-4H3. The first-order chi connectivity index (χ1) is 8.49. The van der Waals surface area contributed by atoms with Crippen LogP contribution in [0.4, 0.5) is 5.69 Å². The number of carbonyl (C=O) groups is 1. The van der Waals surface area contributed by atoms with Crippen molar-refractivity contribution >= 4 is 22.5 Å². The number of hydrogen-bond donors (Lipinski definition) is 0. The number of methoxy groups -OCH3 is 1. The van der Waals surface area contributed by atoms with Crippen molar-refractivity contribution in [1.82, 2.24) is 0 Å². The van der Waals surface area contributed by atoms with Crippen molar-refractivity contribution in [3.63, 3.8) is 0 Å². The lowest BCUT2D eigenvalue weighted by atomic mass is 10.2. The van der Waals surface area contributed by atoms with Gasteiger partial charge in [0.15, 0.2) is 0 Å². The molecule has 0 amide bonds. The third-order valence-corrected chi connectivity index (χ3v) is 2.50. The zero-order valence-electron chi connectivity index (χ0n) is 10.7. The van der Waals surface area contributed by atoms with Crippen LogP contribution in [0.15, 0.2) is 42.8 Å². The van der Waals surface area contributed by atoms with E-state index in [4.69, 9.17) is 16.3 Å². The van der Waals surface area contributed by atoms with Gasteiger partial charge in [0.2, 0.25) is 0 Å². The number of carbonyl (C=O) groups excluding carboxylic acids is 1. The number of allylic oxidation sites excluding steroid dienone is 1. The molecular formula is C14H16ClNO2. The highest BCUT2D eigenvalue weighted by Gasteiger charge is 2.11. The highest BCUT2D eigenvalue weighted by Crippen LogP contribution is 2.30. The Hall–Kier alpha value is -1.74. The number of anilines is 1. The van der Waals surface area contributed by atoms with Crippen LogP contribution in [0.25, 0.3) is 0 Å². The van der Waals surface area contributed by atoms with E-state index in [-0.39, 0.29) is 0 Å². The van der Waals surface area contributed by atoms with Crippen LogP contribution in [-0.2, 0) is 0 Å². The molecule has 1 aromatic carbocycles. The highest BCUT2D eigenvalue weighted by atomic mass is 35.5. The average Bonchev–Trinajstić information content (AvgIpc) is 2.34. The van der Waals surface area contributed by atoms with Gasteiger partial charge in [0, 0.05) is 18.0 Å². The van der Waals surface area contributed by atoms with Gasteiger partial charge in [-0.15, -0.1) is 0 Å². The maximum absolute atomic E-state index is 11.1. The van der Waals surface area contributed by atoms with E-state index in [1.165, 1.54) is 0 Å². The van der Waals surface area contributed by atoms with Crippen molar-refractivity contribution in [3.05, 3.63) is 48.3 Å². The molecule has 0 aromatic heterocycles. The topological polar surface area (TPSA) is 29.5 Å². The Bertz CT molecular complexity index is 491. The summed E-state index contributed by atoms with van der Waals surface area (Å²) in [6.45, 7) is 7.73. The lowest BCUT2D eigenvalue weighted by molar-refractivity contribution is 0.108. The zero-order chi connectivity index (χ0) is 13.7. The Kier molecular flexibility index (Phi) is 4.98. The molecule has 0 fully saturated rings. The monoisotopic (exact) mass is 265 g/mol. The van der Waals surface area contributed by atoms with Gasteiger partial charge >= 0.3 is 0 Å². The Labute approximate surface area is 112 Å². The lowest BCUT2D eigenvalue weighted by Crippen LogP contribution is -2.09. The van der Waals surface area contributed by atoms with E-state index in [2.05, 4.69) is 6.58 Å².